The first-order chi connectivity index (χ1) is 19.2. The minimum absolute atomic E-state index is 0.0227. The van der Waals surface area contributed by atoms with Crippen LogP contribution < -0.4 is 4.74 Å². The molecule has 2 saturated heterocycles. The number of carbonyl (C=O) groups is 1. The number of benzene rings is 2. The molecular formula is C33H42F4N2O2. The maximum atomic E-state index is 17.1. The van der Waals surface area contributed by atoms with E-state index in [1.54, 1.807) is 30.2 Å². The second kappa shape index (κ2) is 10.9. The quantitative estimate of drug-likeness (QED) is 0.346. The number of nitrogens with zero attached hydrogens (tertiary/aromatic N) is 2. The number of amides is 1. The molecule has 8 heteroatoms. The van der Waals surface area contributed by atoms with Gasteiger partial charge in [-0.25, -0.2) is 4.39 Å². The van der Waals surface area contributed by atoms with Gasteiger partial charge in [0.15, 0.2) is 0 Å². The number of hydrogen-bond acceptors (Lipinski definition) is 3. The second-order valence-corrected chi connectivity index (χ2v) is 13.4. The number of methoxy groups -OCH3 is 1. The summed E-state index contributed by atoms with van der Waals surface area (Å²) in [7, 11) is 1.58. The van der Waals surface area contributed by atoms with Gasteiger partial charge in [0.1, 0.15) is 5.75 Å². The highest BCUT2D eigenvalue weighted by atomic mass is 19.4. The van der Waals surface area contributed by atoms with E-state index in [0.29, 0.717) is 44.1 Å². The van der Waals surface area contributed by atoms with Crippen molar-refractivity contribution in [3.8, 4) is 5.75 Å². The fraction of sp³-hybridized carbons (Fsp3) is 0.606. The van der Waals surface area contributed by atoms with Crippen molar-refractivity contribution in [1.29, 1.82) is 0 Å². The van der Waals surface area contributed by atoms with Gasteiger partial charge >= 0.3 is 6.18 Å². The molecule has 0 unspecified atom stereocenters. The molecule has 2 heterocycles. The minimum atomic E-state index is -4.38. The number of likely N-dealkylation sites (tertiary alicyclic amines) is 2. The van der Waals surface area contributed by atoms with Crippen molar-refractivity contribution in [3.05, 3.63) is 64.7 Å². The number of hydrogen-bond donors (Lipinski definition) is 0. The lowest BCUT2D eigenvalue weighted by Gasteiger charge is -2.40. The molecule has 1 aliphatic carbocycles. The summed E-state index contributed by atoms with van der Waals surface area (Å²) in [5, 5.41) is 0. The van der Waals surface area contributed by atoms with Crippen molar-refractivity contribution in [2.24, 2.45) is 5.92 Å². The lowest BCUT2D eigenvalue weighted by molar-refractivity contribution is -0.145. The Labute approximate surface area is 241 Å². The van der Waals surface area contributed by atoms with E-state index < -0.39 is 29.2 Å². The third-order valence-corrected chi connectivity index (χ3v) is 9.65. The third kappa shape index (κ3) is 5.86. The van der Waals surface area contributed by atoms with E-state index in [-0.39, 0.29) is 23.9 Å². The van der Waals surface area contributed by atoms with Gasteiger partial charge in [0, 0.05) is 37.6 Å². The van der Waals surface area contributed by atoms with Crippen LogP contribution >= 0.6 is 0 Å². The molecule has 1 amide bonds. The number of rotatable bonds is 5. The summed E-state index contributed by atoms with van der Waals surface area (Å²) in [4.78, 5) is 17.6. The lowest BCUT2D eigenvalue weighted by Crippen LogP contribution is -2.53. The van der Waals surface area contributed by atoms with Crippen LogP contribution in [0.3, 0.4) is 0 Å². The van der Waals surface area contributed by atoms with Crippen LogP contribution in [0.25, 0.3) is 0 Å². The number of halogens is 4. The number of alkyl halides is 4. The molecule has 3 fully saturated rings. The molecule has 2 atom stereocenters. The van der Waals surface area contributed by atoms with Crippen LogP contribution in [0.15, 0.2) is 42.5 Å². The summed E-state index contributed by atoms with van der Waals surface area (Å²) >= 11 is 0. The van der Waals surface area contributed by atoms with E-state index in [0.717, 1.165) is 29.5 Å². The topological polar surface area (TPSA) is 32.8 Å². The van der Waals surface area contributed by atoms with Gasteiger partial charge in [-0.1, -0.05) is 25.1 Å². The molecule has 1 saturated carbocycles. The van der Waals surface area contributed by atoms with Crippen molar-refractivity contribution < 1.29 is 27.1 Å². The third-order valence-electron chi connectivity index (χ3n) is 9.65. The maximum absolute atomic E-state index is 17.1. The molecule has 3 aliphatic rings. The Kier molecular flexibility index (Phi) is 7.94. The second-order valence-electron chi connectivity index (χ2n) is 13.4. The Morgan fingerprint density at radius 3 is 2.12 bits per heavy atom. The average Bonchev–Trinajstić information content (AvgIpc) is 3.29. The Morgan fingerprint density at radius 1 is 0.951 bits per heavy atom. The van der Waals surface area contributed by atoms with E-state index in [1.165, 1.54) is 12.1 Å². The lowest BCUT2D eigenvalue weighted by atomic mass is 9.69. The van der Waals surface area contributed by atoms with Gasteiger partial charge in [-0.15, -0.1) is 0 Å². The summed E-state index contributed by atoms with van der Waals surface area (Å²) in [6, 6.07) is 11.5. The first-order valence-electron chi connectivity index (χ1n) is 14.8. The van der Waals surface area contributed by atoms with Crippen LogP contribution in [0, 0.1) is 5.92 Å². The summed E-state index contributed by atoms with van der Waals surface area (Å²) < 4.78 is 62.9. The highest BCUT2D eigenvalue weighted by Crippen LogP contribution is 2.48. The monoisotopic (exact) mass is 574 g/mol. The summed E-state index contributed by atoms with van der Waals surface area (Å²) in [6.45, 7) is 9.46. The van der Waals surface area contributed by atoms with Crippen LogP contribution in [0.4, 0.5) is 17.6 Å². The number of piperidine rings is 1. The largest absolute Gasteiger partial charge is 0.497 e. The molecule has 0 radical (unpaired) electrons. The summed E-state index contributed by atoms with van der Waals surface area (Å²) in [5.74, 6) is 0.290. The van der Waals surface area contributed by atoms with Crippen LogP contribution in [-0.2, 0) is 11.0 Å². The molecule has 0 bridgehead atoms. The molecule has 4 nitrogen and oxygen atoms in total. The van der Waals surface area contributed by atoms with Gasteiger partial charge in [0.2, 0.25) is 5.67 Å². The van der Waals surface area contributed by atoms with Gasteiger partial charge in [0.25, 0.3) is 5.91 Å². The Hall–Kier alpha value is -2.61. The zero-order chi connectivity index (χ0) is 29.7. The zero-order valence-electron chi connectivity index (χ0n) is 24.7. The van der Waals surface area contributed by atoms with Crippen LogP contribution in [0.5, 0.6) is 5.75 Å². The van der Waals surface area contributed by atoms with Gasteiger partial charge < -0.3 is 9.64 Å². The van der Waals surface area contributed by atoms with E-state index >= 15 is 4.39 Å². The van der Waals surface area contributed by atoms with E-state index in [1.807, 2.05) is 37.8 Å². The molecule has 2 aromatic rings. The van der Waals surface area contributed by atoms with E-state index in [9.17, 15) is 18.0 Å². The SMILES string of the molecule is COc1ccc([C@@H]2CN(C(C)(C)C)C[C@@]2(F)C(=O)N2CCC(c3ccc(C(F)(F)F)cc3[C@H]3C[C@H](C)C3)CC2)cc1. The summed E-state index contributed by atoms with van der Waals surface area (Å²) in [5.41, 5.74) is -0.432. The first kappa shape index (κ1) is 29.9. The first-order valence-corrected chi connectivity index (χ1v) is 14.8. The van der Waals surface area contributed by atoms with Crippen molar-refractivity contribution in [2.45, 2.75) is 88.5 Å². The Morgan fingerprint density at radius 2 is 1.59 bits per heavy atom. The van der Waals surface area contributed by atoms with E-state index in [2.05, 4.69) is 6.92 Å². The standard InChI is InChI=1S/C33H42F4N2O2/c1-21-16-24(17-21)28-18-25(33(35,36)37)8-11-27(28)22-12-14-38(15-13-22)30(40)32(34)20-39(31(2,3)4)19-29(32)23-6-9-26(41-5)10-7-23/h6-11,18,21-22,24,29H,12-17,19-20H2,1-5H3/t21-,24-,29-,32-/m0/s1. The van der Waals surface area contributed by atoms with Crippen molar-refractivity contribution in [1.82, 2.24) is 9.80 Å². The molecular weight excluding hydrogens is 532 g/mol. The Bertz CT molecular complexity index is 1240. The molecule has 0 aromatic heterocycles. The van der Waals surface area contributed by atoms with Crippen molar-refractivity contribution in [3.63, 3.8) is 0 Å². The molecule has 0 spiro atoms. The van der Waals surface area contributed by atoms with Crippen LogP contribution in [0.1, 0.15) is 93.4 Å². The predicted molar refractivity (Wildman–Crippen MR) is 152 cm³/mol. The average molecular weight is 575 g/mol. The molecule has 2 aliphatic heterocycles. The smallest absolute Gasteiger partial charge is 0.416 e. The van der Waals surface area contributed by atoms with Gasteiger partial charge in [0.05, 0.1) is 12.7 Å². The summed E-state index contributed by atoms with van der Waals surface area (Å²) in [6.07, 6.45) is -1.37. The number of carbonyl (C=O) groups excluding carboxylic acids is 1. The molecule has 224 valence electrons. The van der Waals surface area contributed by atoms with Gasteiger partial charge in [-0.3, -0.25) is 9.69 Å². The van der Waals surface area contributed by atoms with Gasteiger partial charge in [-0.05, 0) is 105 Å². The fourth-order valence-corrected chi connectivity index (χ4v) is 7.04. The van der Waals surface area contributed by atoms with Crippen LogP contribution in [0.2, 0.25) is 0 Å². The highest BCUT2D eigenvalue weighted by molar-refractivity contribution is 5.87. The molecule has 41 heavy (non-hydrogen) atoms. The number of ether oxygens (including phenoxy) is 1. The highest BCUT2D eigenvalue weighted by Gasteiger charge is 2.57. The zero-order valence-corrected chi connectivity index (χ0v) is 24.7. The molecule has 5 rings (SSSR count). The normalized spacial score (nSPS) is 28.0. The molecule has 0 N–H and O–H groups in total. The predicted octanol–water partition coefficient (Wildman–Crippen LogP) is 7.54. The Balaban J connectivity index is 1.35. The maximum Gasteiger partial charge on any atom is 0.416 e. The van der Waals surface area contributed by atoms with Crippen molar-refractivity contribution >= 4 is 5.91 Å². The van der Waals surface area contributed by atoms with Crippen LogP contribution in [-0.4, -0.2) is 60.2 Å². The molecule has 2 aromatic carbocycles. The fourth-order valence-electron chi connectivity index (χ4n) is 7.04. The minimum Gasteiger partial charge on any atom is -0.497 e. The van der Waals surface area contributed by atoms with E-state index in [4.69, 9.17) is 4.74 Å². The van der Waals surface area contributed by atoms with Gasteiger partial charge in [-0.2, -0.15) is 13.2 Å². The van der Waals surface area contributed by atoms with Crippen molar-refractivity contribution in [2.75, 3.05) is 33.3 Å².